The predicted octanol–water partition coefficient (Wildman–Crippen LogP) is 4.23. The fourth-order valence-electron chi connectivity index (χ4n) is 3.64. The summed E-state index contributed by atoms with van der Waals surface area (Å²) in [5.41, 5.74) is 3.22. The van der Waals surface area contributed by atoms with Crippen molar-refractivity contribution in [3.05, 3.63) is 65.9 Å². The molecule has 1 heterocycles. The highest BCUT2D eigenvalue weighted by atomic mass is 16.2. The number of H-pyrrole nitrogens is 1. The van der Waals surface area contributed by atoms with E-state index in [0.29, 0.717) is 12.2 Å². The summed E-state index contributed by atoms with van der Waals surface area (Å²) in [6.07, 6.45) is 4.22. The monoisotopic (exact) mass is 361 g/mol. The zero-order chi connectivity index (χ0) is 18.6. The fourth-order valence-corrected chi connectivity index (χ4v) is 3.64. The number of hydrogen-bond donors (Lipinski definition) is 3. The van der Waals surface area contributed by atoms with E-state index in [0.717, 1.165) is 47.8 Å². The maximum Gasteiger partial charge on any atom is 0.267 e. The van der Waals surface area contributed by atoms with Crippen molar-refractivity contribution in [3.8, 4) is 0 Å². The van der Waals surface area contributed by atoms with E-state index in [1.165, 1.54) is 0 Å². The molecule has 1 aliphatic carbocycles. The minimum Gasteiger partial charge on any atom is -0.351 e. The van der Waals surface area contributed by atoms with E-state index in [9.17, 15) is 9.59 Å². The first-order chi connectivity index (χ1) is 13.2. The van der Waals surface area contributed by atoms with Gasteiger partial charge in [-0.3, -0.25) is 9.59 Å². The molecule has 3 aromatic rings. The molecule has 2 amide bonds. The molecule has 5 heteroatoms. The Morgan fingerprint density at radius 2 is 1.78 bits per heavy atom. The number of nitrogens with one attached hydrogen (secondary N) is 3. The van der Waals surface area contributed by atoms with Gasteiger partial charge < -0.3 is 15.6 Å². The average molecular weight is 361 g/mol. The van der Waals surface area contributed by atoms with Crippen LogP contribution in [0.25, 0.3) is 10.9 Å². The van der Waals surface area contributed by atoms with Gasteiger partial charge in [0.2, 0.25) is 5.91 Å². The Balaban J connectivity index is 1.44. The molecule has 0 aliphatic heterocycles. The zero-order valence-electron chi connectivity index (χ0n) is 15.1. The SMILES string of the molecule is O=C(NCc1ccccc1)c1cc2cc(NC(=O)C3CCCC3)ccc2[nH]1. The van der Waals surface area contributed by atoms with Gasteiger partial charge in [-0.2, -0.15) is 0 Å². The molecule has 2 aromatic carbocycles. The van der Waals surface area contributed by atoms with E-state index in [1.807, 2.05) is 54.6 Å². The number of carbonyl (C=O) groups is 2. The first-order valence-corrected chi connectivity index (χ1v) is 9.45. The van der Waals surface area contributed by atoms with Crippen molar-refractivity contribution >= 4 is 28.4 Å². The minimum absolute atomic E-state index is 0.100. The Morgan fingerprint density at radius 3 is 2.56 bits per heavy atom. The number of fused-ring (bicyclic) bond motifs is 1. The van der Waals surface area contributed by atoms with Gasteiger partial charge >= 0.3 is 0 Å². The molecule has 0 radical (unpaired) electrons. The third kappa shape index (κ3) is 4.03. The summed E-state index contributed by atoms with van der Waals surface area (Å²) >= 11 is 0. The molecule has 5 nitrogen and oxygen atoms in total. The molecule has 0 bridgehead atoms. The Bertz CT molecular complexity index is 956. The van der Waals surface area contributed by atoms with Crippen LogP contribution in [0.5, 0.6) is 0 Å². The number of benzene rings is 2. The summed E-state index contributed by atoms with van der Waals surface area (Å²) in [5, 5.41) is 6.83. The second kappa shape index (κ2) is 7.66. The predicted molar refractivity (Wildman–Crippen MR) is 106 cm³/mol. The van der Waals surface area contributed by atoms with Crippen LogP contribution in [0.1, 0.15) is 41.7 Å². The van der Waals surface area contributed by atoms with E-state index in [4.69, 9.17) is 0 Å². The highest BCUT2D eigenvalue weighted by Crippen LogP contribution is 2.27. The maximum absolute atomic E-state index is 12.4. The fraction of sp³-hybridized carbons (Fsp3) is 0.273. The molecule has 27 heavy (non-hydrogen) atoms. The van der Waals surface area contributed by atoms with Crippen LogP contribution in [0.4, 0.5) is 5.69 Å². The zero-order valence-corrected chi connectivity index (χ0v) is 15.1. The number of amides is 2. The number of rotatable bonds is 5. The average Bonchev–Trinajstić information content (AvgIpc) is 3.36. The van der Waals surface area contributed by atoms with Crippen LogP contribution < -0.4 is 10.6 Å². The van der Waals surface area contributed by atoms with E-state index >= 15 is 0 Å². The highest BCUT2D eigenvalue weighted by molar-refractivity contribution is 6.00. The lowest BCUT2D eigenvalue weighted by atomic mass is 10.1. The summed E-state index contributed by atoms with van der Waals surface area (Å²) < 4.78 is 0. The largest absolute Gasteiger partial charge is 0.351 e. The maximum atomic E-state index is 12.4. The minimum atomic E-state index is -0.147. The van der Waals surface area contributed by atoms with Gasteiger partial charge in [0.15, 0.2) is 0 Å². The first kappa shape index (κ1) is 17.3. The molecule has 4 rings (SSSR count). The number of carbonyl (C=O) groups excluding carboxylic acids is 2. The molecular formula is C22H23N3O2. The van der Waals surface area contributed by atoms with Gasteiger partial charge in [0.05, 0.1) is 0 Å². The molecule has 0 spiro atoms. The summed E-state index contributed by atoms with van der Waals surface area (Å²) in [6.45, 7) is 0.484. The number of aromatic amines is 1. The Morgan fingerprint density at radius 1 is 1.00 bits per heavy atom. The smallest absolute Gasteiger partial charge is 0.267 e. The number of hydrogen-bond acceptors (Lipinski definition) is 2. The van der Waals surface area contributed by atoms with Crippen LogP contribution in [0.3, 0.4) is 0 Å². The van der Waals surface area contributed by atoms with Crippen molar-refractivity contribution < 1.29 is 9.59 Å². The van der Waals surface area contributed by atoms with Crippen molar-refractivity contribution in [1.82, 2.24) is 10.3 Å². The van der Waals surface area contributed by atoms with E-state index < -0.39 is 0 Å². The lowest BCUT2D eigenvalue weighted by Gasteiger charge is -2.10. The molecule has 0 unspecified atom stereocenters. The third-order valence-electron chi connectivity index (χ3n) is 5.15. The Labute approximate surface area is 158 Å². The summed E-state index contributed by atoms with van der Waals surface area (Å²) in [4.78, 5) is 27.9. The van der Waals surface area contributed by atoms with Crippen molar-refractivity contribution in [2.75, 3.05) is 5.32 Å². The van der Waals surface area contributed by atoms with Gasteiger partial charge in [0, 0.05) is 29.1 Å². The van der Waals surface area contributed by atoms with Crippen molar-refractivity contribution in [2.45, 2.75) is 32.2 Å². The first-order valence-electron chi connectivity index (χ1n) is 9.45. The van der Waals surface area contributed by atoms with Gasteiger partial charge in [0.25, 0.3) is 5.91 Å². The van der Waals surface area contributed by atoms with Gasteiger partial charge in [0.1, 0.15) is 5.69 Å². The Kier molecular flexibility index (Phi) is 4.92. The third-order valence-corrected chi connectivity index (χ3v) is 5.15. The van der Waals surface area contributed by atoms with E-state index in [-0.39, 0.29) is 17.7 Å². The molecule has 1 aliphatic rings. The van der Waals surface area contributed by atoms with Gasteiger partial charge in [-0.05, 0) is 42.7 Å². The number of aromatic nitrogens is 1. The van der Waals surface area contributed by atoms with Crippen molar-refractivity contribution in [2.24, 2.45) is 5.92 Å². The normalized spacial score (nSPS) is 14.4. The van der Waals surface area contributed by atoms with Crippen LogP contribution in [-0.4, -0.2) is 16.8 Å². The summed E-state index contributed by atoms with van der Waals surface area (Å²) in [5.74, 6) is 0.0843. The van der Waals surface area contributed by atoms with Crippen molar-refractivity contribution in [1.29, 1.82) is 0 Å². The van der Waals surface area contributed by atoms with Crippen LogP contribution in [0, 0.1) is 5.92 Å². The second-order valence-electron chi connectivity index (χ2n) is 7.12. The second-order valence-corrected chi connectivity index (χ2v) is 7.12. The molecular weight excluding hydrogens is 338 g/mol. The molecule has 3 N–H and O–H groups in total. The Hall–Kier alpha value is -3.08. The quantitative estimate of drug-likeness (QED) is 0.636. The molecule has 0 atom stereocenters. The van der Waals surface area contributed by atoms with Crippen LogP contribution in [0.2, 0.25) is 0 Å². The lowest BCUT2D eigenvalue weighted by Crippen LogP contribution is -2.22. The van der Waals surface area contributed by atoms with Gasteiger partial charge in [-0.25, -0.2) is 0 Å². The number of anilines is 1. The molecule has 1 aromatic heterocycles. The van der Waals surface area contributed by atoms with Crippen LogP contribution in [0.15, 0.2) is 54.6 Å². The molecule has 1 fully saturated rings. The molecule has 138 valence electrons. The van der Waals surface area contributed by atoms with Crippen molar-refractivity contribution in [3.63, 3.8) is 0 Å². The summed E-state index contributed by atoms with van der Waals surface area (Å²) in [7, 11) is 0. The van der Waals surface area contributed by atoms with Gasteiger partial charge in [-0.1, -0.05) is 43.2 Å². The van der Waals surface area contributed by atoms with Gasteiger partial charge in [-0.15, -0.1) is 0 Å². The molecule has 1 saturated carbocycles. The topological polar surface area (TPSA) is 74.0 Å². The molecule has 0 saturated heterocycles. The van der Waals surface area contributed by atoms with E-state index in [1.54, 1.807) is 0 Å². The highest BCUT2D eigenvalue weighted by Gasteiger charge is 2.22. The standard InChI is InChI=1S/C22H23N3O2/c26-21(16-8-4-5-9-16)24-18-10-11-19-17(12-18)13-20(25-19)22(27)23-14-15-6-2-1-3-7-15/h1-3,6-7,10-13,16,25H,4-5,8-9,14H2,(H,23,27)(H,24,26). The lowest BCUT2D eigenvalue weighted by molar-refractivity contribution is -0.119. The van der Waals surface area contributed by atoms with E-state index in [2.05, 4.69) is 15.6 Å². The summed E-state index contributed by atoms with van der Waals surface area (Å²) in [6, 6.07) is 17.3. The van der Waals surface area contributed by atoms with Crippen LogP contribution >= 0.6 is 0 Å². The van der Waals surface area contributed by atoms with Crippen LogP contribution in [-0.2, 0) is 11.3 Å².